The van der Waals surface area contributed by atoms with Crippen LogP contribution in [-0.4, -0.2) is 5.11 Å². The van der Waals surface area contributed by atoms with E-state index in [0.29, 0.717) is 10.7 Å². The highest BCUT2D eigenvalue weighted by molar-refractivity contribution is 6.31. The smallest absolute Gasteiger partial charge is 0.139 e. The topological polar surface area (TPSA) is 23.5 Å². The molecule has 0 aliphatic heterocycles. The molecular formula is C18H14ClNO. The minimum Gasteiger partial charge on any atom is -0.506 e. The van der Waals surface area contributed by atoms with Gasteiger partial charge in [-0.25, -0.2) is 0 Å². The van der Waals surface area contributed by atoms with Crippen LogP contribution in [0.15, 0.2) is 78.9 Å². The summed E-state index contributed by atoms with van der Waals surface area (Å²) < 4.78 is 0. The lowest BCUT2D eigenvalue weighted by Crippen LogP contribution is -2.09. The molecule has 1 N–H and O–H groups in total. The molecule has 104 valence electrons. The predicted octanol–water partition coefficient (Wildman–Crippen LogP) is 5.52. The summed E-state index contributed by atoms with van der Waals surface area (Å²) in [6.45, 7) is 0. The molecule has 0 bridgehead atoms. The molecule has 0 saturated carbocycles. The van der Waals surface area contributed by atoms with Gasteiger partial charge in [-0.3, -0.25) is 0 Å². The first-order valence-corrected chi connectivity index (χ1v) is 7.02. The molecule has 0 aromatic heterocycles. The largest absolute Gasteiger partial charge is 0.506 e. The number of anilines is 3. The third kappa shape index (κ3) is 2.86. The van der Waals surface area contributed by atoms with E-state index in [4.69, 9.17) is 11.6 Å². The lowest BCUT2D eigenvalue weighted by Gasteiger charge is -2.26. The van der Waals surface area contributed by atoms with Crippen molar-refractivity contribution >= 4 is 28.7 Å². The lowest BCUT2D eigenvalue weighted by molar-refractivity contribution is 0.476. The molecular weight excluding hydrogens is 282 g/mol. The number of rotatable bonds is 3. The molecule has 0 aliphatic carbocycles. The Hall–Kier alpha value is -2.45. The van der Waals surface area contributed by atoms with Gasteiger partial charge >= 0.3 is 0 Å². The first-order chi connectivity index (χ1) is 10.3. The second kappa shape index (κ2) is 5.90. The first-order valence-electron chi connectivity index (χ1n) is 6.64. The summed E-state index contributed by atoms with van der Waals surface area (Å²) in [5.74, 6) is 0.187. The molecule has 0 heterocycles. The van der Waals surface area contributed by atoms with Gasteiger partial charge in [0.1, 0.15) is 5.75 Å². The second-order valence-electron chi connectivity index (χ2n) is 4.64. The number of halogens is 1. The van der Waals surface area contributed by atoms with Gasteiger partial charge < -0.3 is 10.0 Å². The number of hydrogen-bond donors (Lipinski definition) is 1. The normalized spacial score (nSPS) is 10.3. The highest BCUT2D eigenvalue weighted by Gasteiger charge is 2.15. The van der Waals surface area contributed by atoms with Crippen LogP contribution in [0.1, 0.15) is 0 Å². The van der Waals surface area contributed by atoms with Gasteiger partial charge in [0.05, 0.1) is 5.69 Å². The van der Waals surface area contributed by atoms with Crippen molar-refractivity contribution in [3.05, 3.63) is 83.9 Å². The fourth-order valence-corrected chi connectivity index (χ4v) is 2.42. The van der Waals surface area contributed by atoms with Gasteiger partial charge in [-0.15, -0.1) is 0 Å². The van der Waals surface area contributed by atoms with Gasteiger partial charge in [0.25, 0.3) is 0 Å². The SMILES string of the molecule is Oc1ccc(Cl)cc1N(c1ccccc1)c1ccccc1. The number of hydrogen-bond acceptors (Lipinski definition) is 2. The molecule has 2 nitrogen and oxygen atoms in total. The Morgan fingerprint density at radius 2 is 1.24 bits per heavy atom. The molecule has 0 aliphatic rings. The summed E-state index contributed by atoms with van der Waals surface area (Å²) in [7, 11) is 0. The standard InChI is InChI=1S/C18H14ClNO/c19-14-11-12-18(21)17(13-14)20(15-7-3-1-4-8-15)16-9-5-2-6-10-16/h1-13,21H. The van der Waals surface area contributed by atoms with E-state index < -0.39 is 0 Å². The Balaban J connectivity index is 2.20. The fraction of sp³-hybridized carbons (Fsp3) is 0. The van der Waals surface area contributed by atoms with E-state index in [-0.39, 0.29) is 5.75 Å². The van der Waals surface area contributed by atoms with Gasteiger partial charge in [0, 0.05) is 16.4 Å². The van der Waals surface area contributed by atoms with Crippen LogP contribution < -0.4 is 4.90 Å². The summed E-state index contributed by atoms with van der Waals surface area (Å²) in [5.41, 5.74) is 2.57. The number of phenolic OH excluding ortho intramolecular Hbond substituents is 1. The molecule has 3 aromatic carbocycles. The monoisotopic (exact) mass is 295 g/mol. The lowest BCUT2D eigenvalue weighted by atomic mass is 10.2. The van der Waals surface area contributed by atoms with Crippen molar-refractivity contribution in [1.29, 1.82) is 0 Å². The number of nitrogens with zero attached hydrogens (tertiary/aromatic N) is 1. The Bertz CT molecular complexity index is 689. The molecule has 0 unspecified atom stereocenters. The predicted molar refractivity (Wildman–Crippen MR) is 87.8 cm³/mol. The number of benzene rings is 3. The van der Waals surface area contributed by atoms with Crippen LogP contribution in [0.4, 0.5) is 17.1 Å². The van der Waals surface area contributed by atoms with Crippen molar-refractivity contribution in [3.8, 4) is 5.75 Å². The van der Waals surface area contributed by atoms with Gasteiger partial charge in [-0.1, -0.05) is 48.0 Å². The summed E-state index contributed by atoms with van der Waals surface area (Å²) in [6.07, 6.45) is 0. The first kappa shape index (κ1) is 13.5. The highest BCUT2D eigenvalue weighted by Crippen LogP contribution is 2.40. The third-order valence-electron chi connectivity index (χ3n) is 3.21. The van der Waals surface area contributed by atoms with Crippen LogP contribution in [0.3, 0.4) is 0 Å². The zero-order valence-corrected chi connectivity index (χ0v) is 12.0. The molecule has 0 atom stereocenters. The molecule has 0 fully saturated rings. The maximum Gasteiger partial charge on any atom is 0.139 e. The zero-order valence-electron chi connectivity index (χ0n) is 11.3. The van der Waals surface area contributed by atoms with Crippen molar-refractivity contribution in [1.82, 2.24) is 0 Å². The number of aromatic hydroxyl groups is 1. The van der Waals surface area contributed by atoms with E-state index in [9.17, 15) is 5.11 Å². The van der Waals surface area contributed by atoms with Gasteiger partial charge in [0.2, 0.25) is 0 Å². The molecule has 0 spiro atoms. The van der Waals surface area contributed by atoms with Crippen molar-refractivity contribution in [2.45, 2.75) is 0 Å². The average molecular weight is 296 g/mol. The molecule has 0 saturated heterocycles. The average Bonchev–Trinajstić information content (AvgIpc) is 2.53. The van der Waals surface area contributed by atoms with Crippen LogP contribution in [0.5, 0.6) is 5.75 Å². The quantitative estimate of drug-likeness (QED) is 0.688. The van der Waals surface area contributed by atoms with E-state index >= 15 is 0 Å². The van der Waals surface area contributed by atoms with Gasteiger partial charge in [-0.2, -0.15) is 0 Å². The van der Waals surface area contributed by atoms with Crippen LogP contribution in [0.25, 0.3) is 0 Å². The third-order valence-corrected chi connectivity index (χ3v) is 3.44. The Morgan fingerprint density at radius 1 is 0.714 bits per heavy atom. The van der Waals surface area contributed by atoms with E-state index in [1.807, 2.05) is 65.6 Å². The van der Waals surface area contributed by atoms with Crippen molar-refractivity contribution < 1.29 is 5.11 Å². The highest BCUT2D eigenvalue weighted by atomic mass is 35.5. The number of phenols is 1. The van der Waals surface area contributed by atoms with Gasteiger partial charge in [0.15, 0.2) is 0 Å². The van der Waals surface area contributed by atoms with E-state index in [2.05, 4.69) is 0 Å². The number of para-hydroxylation sites is 2. The van der Waals surface area contributed by atoms with Crippen molar-refractivity contribution in [2.75, 3.05) is 4.90 Å². The Kier molecular flexibility index (Phi) is 3.80. The molecule has 3 rings (SSSR count). The molecule has 0 radical (unpaired) electrons. The second-order valence-corrected chi connectivity index (χ2v) is 5.08. The Morgan fingerprint density at radius 3 is 1.76 bits per heavy atom. The minimum atomic E-state index is 0.187. The minimum absolute atomic E-state index is 0.187. The van der Waals surface area contributed by atoms with E-state index in [1.165, 1.54) is 0 Å². The van der Waals surface area contributed by atoms with Crippen LogP contribution >= 0.6 is 11.6 Å². The molecule has 3 heteroatoms. The zero-order chi connectivity index (χ0) is 14.7. The van der Waals surface area contributed by atoms with Gasteiger partial charge in [-0.05, 0) is 42.5 Å². The van der Waals surface area contributed by atoms with Crippen LogP contribution in [0, 0.1) is 0 Å². The van der Waals surface area contributed by atoms with E-state index in [0.717, 1.165) is 11.4 Å². The molecule has 3 aromatic rings. The fourth-order valence-electron chi connectivity index (χ4n) is 2.26. The molecule has 21 heavy (non-hydrogen) atoms. The summed E-state index contributed by atoms with van der Waals surface area (Å²) in [6, 6.07) is 24.8. The van der Waals surface area contributed by atoms with Crippen LogP contribution in [-0.2, 0) is 0 Å². The summed E-state index contributed by atoms with van der Waals surface area (Å²) in [5, 5.41) is 10.8. The maximum absolute atomic E-state index is 10.2. The summed E-state index contributed by atoms with van der Waals surface area (Å²) in [4.78, 5) is 1.97. The molecule has 0 amide bonds. The van der Waals surface area contributed by atoms with Crippen LogP contribution in [0.2, 0.25) is 5.02 Å². The van der Waals surface area contributed by atoms with E-state index in [1.54, 1.807) is 18.2 Å². The van der Waals surface area contributed by atoms with Crippen molar-refractivity contribution in [2.24, 2.45) is 0 Å². The Labute approximate surface area is 128 Å². The van der Waals surface area contributed by atoms with Crippen molar-refractivity contribution in [3.63, 3.8) is 0 Å². The summed E-state index contributed by atoms with van der Waals surface area (Å²) >= 11 is 6.10. The maximum atomic E-state index is 10.2.